The molecular weight excluding hydrogens is 372 g/mol. The molecule has 5 nitrogen and oxygen atoms in total. The van der Waals surface area contributed by atoms with E-state index >= 15 is 0 Å². The average molecular weight is 395 g/mol. The van der Waals surface area contributed by atoms with Crippen LogP contribution in [0.15, 0.2) is 42.5 Å². The summed E-state index contributed by atoms with van der Waals surface area (Å²) < 4.78 is 25.7. The van der Waals surface area contributed by atoms with E-state index in [0.29, 0.717) is 22.7 Å². The van der Waals surface area contributed by atoms with E-state index in [1.165, 1.54) is 4.31 Å². The quantitative estimate of drug-likeness (QED) is 0.767. The van der Waals surface area contributed by atoms with Crippen LogP contribution in [-0.2, 0) is 14.8 Å². The Balaban J connectivity index is 2.02. The first-order valence-electron chi connectivity index (χ1n) is 8.28. The smallest absolute Gasteiger partial charge is 0.232 e. The molecule has 0 aliphatic rings. The zero-order valence-corrected chi connectivity index (χ0v) is 16.7. The molecule has 0 spiro atoms. The van der Waals surface area contributed by atoms with Crippen LogP contribution in [0.5, 0.6) is 0 Å². The van der Waals surface area contributed by atoms with Gasteiger partial charge >= 0.3 is 0 Å². The third-order valence-corrected chi connectivity index (χ3v) is 5.56. The molecule has 140 valence electrons. The maximum absolute atomic E-state index is 12.2. The number of carbonyl (C=O) groups excluding carboxylic acids is 1. The summed E-state index contributed by atoms with van der Waals surface area (Å²) in [5.74, 6) is -0.146. The Bertz CT molecular complexity index is 897. The Kier molecular flexibility index (Phi) is 6.67. The number of nitrogens with zero attached hydrogens (tertiary/aromatic N) is 1. The molecule has 2 aromatic rings. The van der Waals surface area contributed by atoms with Gasteiger partial charge in [0.15, 0.2) is 0 Å². The van der Waals surface area contributed by atoms with Crippen molar-refractivity contribution in [2.45, 2.75) is 26.7 Å². The summed E-state index contributed by atoms with van der Waals surface area (Å²) in [5, 5.41) is 3.34. The number of aryl methyl sites for hydroxylation is 1. The van der Waals surface area contributed by atoms with E-state index < -0.39 is 10.0 Å². The summed E-state index contributed by atoms with van der Waals surface area (Å²) in [5.41, 5.74) is 3.03. The molecular formula is C19H23ClN2O3S. The van der Waals surface area contributed by atoms with E-state index in [9.17, 15) is 13.2 Å². The summed E-state index contributed by atoms with van der Waals surface area (Å²) in [7, 11) is -3.48. The van der Waals surface area contributed by atoms with Gasteiger partial charge in [-0.3, -0.25) is 9.10 Å². The average Bonchev–Trinajstić information content (AvgIpc) is 2.53. The minimum Gasteiger partial charge on any atom is -0.326 e. The predicted molar refractivity (Wildman–Crippen MR) is 107 cm³/mol. The number of hydrogen-bond donors (Lipinski definition) is 1. The van der Waals surface area contributed by atoms with E-state index in [-0.39, 0.29) is 18.9 Å². The molecule has 0 bridgehead atoms. The normalized spacial score (nSPS) is 11.2. The van der Waals surface area contributed by atoms with E-state index in [1.54, 1.807) is 25.1 Å². The van der Waals surface area contributed by atoms with Gasteiger partial charge in [0.05, 0.1) is 11.9 Å². The molecule has 0 aliphatic carbocycles. The summed E-state index contributed by atoms with van der Waals surface area (Å²) >= 11 is 6.11. The van der Waals surface area contributed by atoms with Crippen LogP contribution < -0.4 is 9.62 Å². The van der Waals surface area contributed by atoms with Gasteiger partial charge < -0.3 is 5.32 Å². The van der Waals surface area contributed by atoms with E-state index in [1.807, 2.05) is 31.2 Å². The first-order chi connectivity index (χ1) is 12.2. The molecule has 1 amide bonds. The molecule has 0 aliphatic heterocycles. The number of rotatable bonds is 7. The van der Waals surface area contributed by atoms with Crippen molar-refractivity contribution in [1.29, 1.82) is 0 Å². The van der Waals surface area contributed by atoms with Crippen molar-refractivity contribution < 1.29 is 13.2 Å². The Morgan fingerprint density at radius 3 is 2.50 bits per heavy atom. The molecule has 26 heavy (non-hydrogen) atoms. The Labute approximate surface area is 160 Å². The van der Waals surface area contributed by atoms with Crippen LogP contribution in [0.25, 0.3) is 0 Å². The van der Waals surface area contributed by atoms with Gasteiger partial charge in [0.2, 0.25) is 15.9 Å². The van der Waals surface area contributed by atoms with Gasteiger partial charge in [0, 0.05) is 23.7 Å². The van der Waals surface area contributed by atoms with Crippen LogP contribution in [0.1, 0.15) is 24.0 Å². The number of halogens is 1. The lowest BCUT2D eigenvalue weighted by Crippen LogP contribution is -2.32. The number of anilines is 2. The van der Waals surface area contributed by atoms with Gasteiger partial charge in [0.1, 0.15) is 0 Å². The van der Waals surface area contributed by atoms with Crippen LogP contribution in [0.4, 0.5) is 11.4 Å². The number of nitrogens with one attached hydrogen (secondary N) is 1. The fourth-order valence-corrected chi connectivity index (χ4v) is 3.85. The molecule has 0 saturated carbocycles. The van der Waals surface area contributed by atoms with Gasteiger partial charge in [-0.05, 0) is 55.7 Å². The molecule has 2 aromatic carbocycles. The minimum absolute atomic E-state index is 0.146. The maximum Gasteiger partial charge on any atom is 0.232 e. The summed E-state index contributed by atoms with van der Waals surface area (Å²) in [6.45, 7) is 3.94. The molecule has 0 fully saturated rings. The van der Waals surface area contributed by atoms with E-state index in [0.717, 1.165) is 17.5 Å². The minimum atomic E-state index is -3.48. The SMILES string of the molecule is Cc1cccc(NC(=O)CCCN(c2cccc(Cl)c2C)S(C)(=O)=O)c1. The Hall–Kier alpha value is -2.05. The van der Waals surface area contributed by atoms with Gasteiger partial charge in [0.25, 0.3) is 0 Å². The van der Waals surface area contributed by atoms with E-state index in [2.05, 4.69) is 5.32 Å². The number of amides is 1. The second-order valence-corrected chi connectivity index (χ2v) is 8.55. The number of benzene rings is 2. The number of carbonyl (C=O) groups is 1. The third kappa shape index (κ3) is 5.47. The van der Waals surface area contributed by atoms with Crippen LogP contribution >= 0.6 is 11.6 Å². The molecule has 0 heterocycles. The Morgan fingerprint density at radius 2 is 1.85 bits per heavy atom. The summed E-state index contributed by atoms with van der Waals surface area (Å²) in [6.07, 6.45) is 1.77. The first-order valence-corrected chi connectivity index (χ1v) is 10.5. The molecule has 7 heteroatoms. The first kappa shape index (κ1) is 20.3. The van der Waals surface area contributed by atoms with Crippen molar-refractivity contribution in [3.05, 3.63) is 58.6 Å². The Morgan fingerprint density at radius 1 is 1.15 bits per heavy atom. The molecule has 2 rings (SSSR count). The van der Waals surface area contributed by atoms with E-state index in [4.69, 9.17) is 11.6 Å². The molecule has 0 radical (unpaired) electrons. The highest BCUT2D eigenvalue weighted by Crippen LogP contribution is 2.28. The second kappa shape index (κ2) is 8.56. The predicted octanol–water partition coefficient (Wildman–Crippen LogP) is 4.14. The highest BCUT2D eigenvalue weighted by atomic mass is 35.5. The highest BCUT2D eigenvalue weighted by Gasteiger charge is 2.20. The fraction of sp³-hybridized carbons (Fsp3) is 0.316. The van der Waals surface area contributed by atoms with Gasteiger partial charge in [-0.15, -0.1) is 0 Å². The highest BCUT2D eigenvalue weighted by molar-refractivity contribution is 7.92. The molecule has 0 atom stereocenters. The van der Waals surface area contributed by atoms with Crippen molar-refractivity contribution in [1.82, 2.24) is 0 Å². The lowest BCUT2D eigenvalue weighted by molar-refractivity contribution is -0.116. The van der Waals surface area contributed by atoms with Crippen molar-refractivity contribution in [3.63, 3.8) is 0 Å². The van der Waals surface area contributed by atoms with Gasteiger partial charge in [-0.25, -0.2) is 8.42 Å². The van der Waals surface area contributed by atoms with Crippen molar-refractivity contribution in [2.75, 3.05) is 22.4 Å². The second-order valence-electron chi connectivity index (χ2n) is 6.24. The standard InChI is InChI=1S/C19H23ClN2O3S/c1-14-7-4-8-16(13-14)21-19(23)11-6-12-22(26(3,24)25)18-10-5-9-17(20)15(18)2/h4-5,7-10,13H,6,11-12H2,1-3H3,(H,21,23). The topological polar surface area (TPSA) is 66.5 Å². The summed E-state index contributed by atoms with van der Waals surface area (Å²) in [4.78, 5) is 12.1. The van der Waals surface area contributed by atoms with Crippen molar-refractivity contribution in [3.8, 4) is 0 Å². The van der Waals surface area contributed by atoms with Gasteiger partial charge in [-0.2, -0.15) is 0 Å². The van der Waals surface area contributed by atoms with Crippen LogP contribution in [-0.4, -0.2) is 27.1 Å². The molecule has 0 saturated heterocycles. The lowest BCUT2D eigenvalue weighted by atomic mass is 10.2. The monoisotopic (exact) mass is 394 g/mol. The van der Waals surface area contributed by atoms with Crippen LogP contribution in [0.3, 0.4) is 0 Å². The van der Waals surface area contributed by atoms with Crippen LogP contribution in [0.2, 0.25) is 5.02 Å². The number of hydrogen-bond acceptors (Lipinski definition) is 3. The van der Waals surface area contributed by atoms with Gasteiger partial charge in [-0.1, -0.05) is 29.8 Å². The lowest BCUT2D eigenvalue weighted by Gasteiger charge is -2.24. The fourth-order valence-electron chi connectivity index (χ4n) is 2.66. The molecule has 1 N–H and O–H groups in total. The third-order valence-electron chi connectivity index (χ3n) is 3.97. The molecule has 0 unspecified atom stereocenters. The molecule has 0 aromatic heterocycles. The van der Waals surface area contributed by atoms with Crippen LogP contribution in [0, 0.1) is 13.8 Å². The maximum atomic E-state index is 12.2. The largest absolute Gasteiger partial charge is 0.326 e. The zero-order valence-electron chi connectivity index (χ0n) is 15.1. The summed E-state index contributed by atoms with van der Waals surface area (Å²) in [6, 6.07) is 12.7. The van der Waals surface area contributed by atoms with Crippen molar-refractivity contribution >= 4 is 38.9 Å². The zero-order chi connectivity index (χ0) is 19.3. The number of sulfonamides is 1. The van der Waals surface area contributed by atoms with Crippen molar-refractivity contribution in [2.24, 2.45) is 0 Å².